The second-order valence-corrected chi connectivity index (χ2v) is 6.29. The van der Waals surface area contributed by atoms with Crippen LogP contribution in [0.15, 0.2) is 35.6 Å². The van der Waals surface area contributed by atoms with Crippen LogP contribution in [0.5, 0.6) is 5.75 Å². The van der Waals surface area contributed by atoms with Crippen LogP contribution in [0, 0.1) is 0 Å². The standard InChI is InChI=1S/C20H32N6O/c1-4-6-12-21-20(23-14-15-26-16-24-25-19(26)5-2)22-13-11-17-9-7-8-10-18(17)27-3/h7-10,16H,4-6,11-15H2,1-3H3,(H2,21,22,23). The van der Waals surface area contributed by atoms with Crippen molar-refractivity contribution in [1.29, 1.82) is 0 Å². The number of nitrogens with zero attached hydrogens (tertiary/aromatic N) is 4. The van der Waals surface area contributed by atoms with Crippen molar-refractivity contribution in [2.45, 2.75) is 46.1 Å². The third kappa shape index (κ3) is 6.92. The lowest BCUT2D eigenvalue weighted by molar-refractivity contribution is 0.409. The maximum absolute atomic E-state index is 5.42. The molecule has 0 saturated heterocycles. The molecule has 0 atom stereocenters. The van der Waals surface area contributed by atoms with E-state index in [2.05, 4.69) is 50.3 Å². The van der Waals surface area contributed by atoms with Gasteiger partial charge >= 0.3 is 0 Å². The van der Waals surface area contributed by atoms with Crippen molar-refractivity contribution in [1.82, 2.24) is 25.4 Å². The van der Waals surface area contributed by atoms with Gasteiger partial charge in [0.15, 0.2) is 5.96 Å². The average Bonchev–Trinajstić information content (AvgIpc) is 3.15. The van der Waals surface area contributed by atoms with E-state index < -0.39 is 0 Å². The fraction of sp³-hybridized carbons (Fsp3) is 0.550. The van der Waals surface area contributed by atoms with Crippen LogP contribution in [0.4, 0.5) is 0 Å². The first-order chi connectivity index (χ1) is 13.3. The first-order valence-corrected chi connectivity index (χ1v) is 9.79. The molecule has 1 aromatic carbocycles. The maximum Gasteiger partial charge on any atom is 0.191 e. The van der Waals surface area contributed by atoms with Crippen molar-refractivity contribution in [3.63, 3.8) is 0 Å². The molecule has 0 aliphatic heterocycles. The quantitative estimate of drug-likeness (QED) is 0.360. The summed E-state index contributed by atoms with van der Waals surface area (Å²) in [4.78, 5) is 4.67. The van der Waals surface area contributed by atoms with E-state index in [1.165, 1.54) is 5.56 Å². The Kier molecular flexibility index (Phi) is 9.17. The first kappa shape index (κ1) is 20.7. The number of hydrogen-bond acceptors (Lipinski definition) is 4. The maximum atomic E-state index is 5.42. The molecule has 27 heavy (non-hydrogen) atoms. The SMILES string of the molecule is CCCCN=C(NCCc1ccccc1OC)NCCn1cnnc1CC. The lowest BCUT2D eigenvalue weighted by Crippen LogP contribution is -2.40. The third-order valence-electron chi connectivity index (χ3n) is 4.32. The molecule has 1 aromatic heterocycles. The minimum Gasteiger partial charge on any atom is -0.496 e. The Morgan fingerprint density at radius 3 is 2.78 bits per heavy atom. The summed E-state index contributed by atoms with van der Waals surface area (Å²) in [5.41, 5.74) is 1.19. The molecule has 0 aliphatic carbocycles. The molecule has 0 bridgehead atoms. The van der Waals surface area contributed by atoms with Crippen molar-refractivity contribution >= 4 is 5.96 Å². The highest BCUT2D eigenvalue weighted by Crippen LogP contribution is 2.17. The number of aliphatic imine (C=N–C) groups is 1. The van der Waals surface area contributed by atoms with Gasteiger partial charge in [-0.15, -0.1) is 10.2 Å². The molecular formula is C20H32N6O. The van der Waals surface area contributed by atoms with Gasteiger partial charge in [0.1, 0.15) is 17.9 Å². The Hall–Kier alpha value is -2.57. The molecule has 0 fully saturated rings. The van der Waals surface area contributed by atoms with Gasteiger partial charge in [0.05, 0.1) is 7.11 Å². The normalized spacial score (nSPS) is 11.4. The number of hydrogen-bond donors (Lipinski definition) is 2. The fourth-order valence-electron chi connectivity index (χ4n) is 2.78. The number of aromatic nitrogens is 3. The number of nitrogens with one attached hydrogen (secondary N) is 2. The molecule has 1 heterocycles. The van der Waals surface area contributed by atoms with E-state index in [0.29, 0.717) is 0 Å². The second-order valence-electron chi connectivity index (χ2n) is 6.29. The molecular weight excluding hydrogens is 340 g/mol. The lowest BCUT2D eigenvalue weighted by atomic mass is 10.1. The summed E-state index contributed by atoms with van der Waals surface area (Å²) in [6.07, 6.45) is 5.77. The van der Waals surface area contributed by atoms with Crippen LogP contribution < -0.4 is 15.4 Å². The molecule has 7 nitrogen and oxygen atoms in total. The van der Waals surface area contributed by atoms with Crippen molar-refractivity contribution in [3.05, 3.63) is 42.0 Å². The Labute approximate surface area is 162 Å². The highest BCUT2D eigenvalue weighted by molar-refractivity contribution is 5.79. The summed E-state index contributed by atoms with van der Waals surface area (Å²) in [5.74, 6) is 2.78. The molecule has 0 radical (unpaired) electrons. The molecule has 0 spiro atoms. The van der Waals surface area contributed by atoms with E-state index in [0.717, 1.165) is 69.4 Å². The Balaban J connectivity index is 1.85. The lowest BCUT2D eigenvalue weighted by Gasteiger charge is -2.14. The van der Waals surface area contributed by atoms with E-state index in [1.807, 2.05) is 18.2 Å². The van der Waals surface area contributed by atoms with E-state index in [9.17, 15) is 0 Å². The van der Waals surface area contributed by atoms with Crippen LogP contribution in [0.25, 0.3) is 0 Å². The number of rotatable bonds is 11. The number of benzene rings is 1. The summed E-state index contributed by atoms with van der Waals surface area (Å²) in [6, 6.07) is 8.12. The highest BCUT2D eigenvalue weighted by atomic mass is 16.5. The highest BCUT2D eigenvalue weighted by Gasteiger charge is 2.04. The van der Waals surface area contributed by atoms with E-state index in [-0.39, 0.29) is 0 Å². The number of unbranched alkanes of at least 4 members (excludes halogenated alkanes) is 1. The van der Waals surface area contributed by atoms with Crippen LogP contribution in [-0.4, -0.2) is 47.5 Å². The molecule has 2 aromatic rings. The molecule has 148 valence electrons. The Morgan fingerprint density at radius 2 is 2.00 bits per heavy atom. The van der Waals surface area contributed by atoms with Gasteiger partial charge in [-0.05, 0) is 24.5 Å². The molecule has 0 saturated carbocycles. The fourth-order valence-corrected chi connectivity index (χ4v) is 2.78. The average molecular weight is 373 g/mol. The van der Waals surface area contributed by atoms with Crippen LogP contribution in [0.1, 0.15) is 38.1 Å². The monoisotopic (exact) mass is 372 g/mol. The molecule has 0 aliphatic rings. The van der Waals surface area contributed by atoms with Crippen LogP contribution in [0.2, 0.25) is 0 Å². The molecule has 2 N–H and O–H groups in total. The largest absolute Gasteiger partial charge is 0.496 e. The van der Waals surface area contributed by atoms with Crippen molar-refractivity contribution in [2.24, 2.45) is 4.99 Å². The van der Waals surface area contributed by atoms with Gasteiger partial charge in [-0.2, -0.15) is 0 Å². The van der Waals surface area contributed by atoms with Crippen molar-refractivity contribution in [3.8, 4) is 5.75 Å². The van der Waals surface area contributed by atoms with E-state index >= 15 is 0 Å². The molecule has 2 rings (SSSR count). The molecule has 0 unspecified atom stereocenters. The van der Waals surface area contributed by atoms with Gasteiger partial charge in [0.25, 0.3) is 0 Å². The van der Waals surface area contributed by atoms with Gasteiger partial charge in [0.2, 0.25) is 0 Å². The van der Waals surface area contributed by atoms with Gasteiger partial charge in [-0.3, -0.25) is 4.99 Å². The van der Waals surface area contributed by atoms with Crippen molar-refractivity contribution < 1.29 is 4.74 Å². The zero-order chi connectivity index (χ0) is 19.3. The Bertz CT molecular complexity index is 697. The predicted molar refractivity (Wildman–Crippen MR) is 109 cm³/mol. The number of ether oxygens (including phenoxy) is 1. The zero-order valence-electron chi connectivity index (χ0n) is 16.7. The summed E-state index contributed by atoms with van der Waals surface area (Å²) < 4.78 is 7.50. The minimum atomic E-state index is 0.775. The number of aryl methyl sites for hydroxylation is 1. The summed E-state index contributed by atoms with van der Waals surface area (Å²) in [5, 5.41) is 14.9. The Morgan fingerprint density at radius 1 is 1.19 bits per heavy atom. The van der Waals surface area contributed by atoms with Crippen molar-refractivity contribution in [2.75, 3.05) is 26.7 Å². The van der Waals surface area contributed by atoms with Crippen LogP contribution in [-0.2, 0) is 19.4 Å². The zero-order valence-corrected chi connectivity index (χ0v) is 16.7. The van der Waals surface area contributed by atoms with Crippen LogP contribution >= 0.6 is 0 Å². The number of methoxy groups -OCH3 is 1. The summed E-state index contributed by atoms with van der Waals surface area (Å²) in [6.45, 7) is 7.48. The van der Waals surface area contributed by atoms with Gasteiger partial charge < -0.3 is 19.9 Å². The first-order valence-electron chi connectivity index (χ1n) is 9.79. The second kappa shape index (κ2) is 11.9. The minimum absolute atomic E-state index is 0.775. The van der Waals surface area contributed by atoms with Gasteiger partial charge in [-0.1, -0.05) is 38.5 Å². The summed E-state index contributed by atoms with van der Waals surface area (Å²) in [7, 11) is 1.71. The smallest absolute Gasteiger partial charge is 0.191 e. The summed E-state index contributed by atoms with van der Waals surface area (Å²) >= 11 is 0. The van der Waals surface area contributed by atoms with Gasteiger partial charge in [-0.25, -0.2) is 0 Å². The third-order valence-corrected chi connectivity index (χ3v) is 4.32. The molecule has 0 amide bonds. The molecule has 7 heteroatoms. The van der Waals surface area contributed by atoms with Gasteiger partial charge in [0, 0.05) is 32.6 Å². The predicted octanol–water partition coefficient (Wildman–Crippen LogP) is 2.43. The number of para-hydroxylation sites is 1. The van der Waals surface area contributed by atoms with E-state index in [1.54, 1.807) is 13.4 Å². The van der Waals surface area contributed by atoms with E-state index in [4.69, 9.17) is 4.74 Å². The number of guanidine groups is 1. The topological polar surface area (TPSA) is 76.4 Å². The van der Waals surface area contributed by atoms with Crippen LogP contribution in [0.3, 0.4) is 0 Å².